The van der Waals surface area contributed by atoms with E-state index in [1.807, 2.05) is 21.0 Å². The third-order valence-electron chi connectivity index (χ3n) is 8.35. The van der Waals surface area contributed by atoms with Crippen LogP contribution in [0.15, 0.2) is 11.6 Å². The van der Waals surface area contributed by atoms with Crippen LogP contribution >= 0.6 is 0 Å². The fraction of sp³-hybridized carbons (Fsp3) is 0.917. The highest BCUT2D eigenvalue weighted by Crippen LogP contribution is 2.60. The zero-order valence-corrected chi connectivity index (χ0v) is 19.3. The first-order valence-electron chi connectivity index (χ1n) is 11.2. The third-order valence-corrected chi connectivity index (χ3v) is 8.35. The Morgan fingerprint density at radius 1 is 1.25 bits per heavy atom. The lowest BCUT2D eigenvalue weighted by Gasteiger charge is -2.59. The van der Waals surface area contributed by atoms with Crippen molar-refractivity contribution in [2.45, 2.75) is 83.5 Å². The molecule has 2 aliphatic carbocycles. The van der Waals surface area contributed by atoms with Gasteiger partial charge in [-0.1, -0.05) is 19.4 Å². The van der Waals surface area contributed by atoms with Crippen molar-refractivity contribution in [1.82, 2.24) is 4.90 Å². The molecular weight excluding hydrogens is 350 g/mol. The van der Waals surface area contributed by atoms with E-state index in [1.165, 1.54) is 37.7 Å². The number of fused-ring (bicyclic) bond motifs is 1. The highest BCUT2D eigenvalue weighted by Gasteiger charge is 2.56. The van der Waals surface area contributed by atoms with Crippen LogP contribution in [-0.2, 0) is 9.47 Å². The smallest absolute Gasteiger partial charge is 0.0895 e. The van der Waals surface area contributed by atoms with Gasteiger partial charge in [0.25, 0.3) is 0 Å². The topological polar surface area (TPSA) is 41.9 Å². The molecule has 0 spiro atoms. The molecule has 3 aliphatic rings. The fourth-order valence-corrected chi connectivity index (χ4v) is 6.50. The Morgan fingerprint density at radius 2 is 1.96 bits per heavy atom. The van der Waals surface area contributed by atoms with Crippen LogP contribution in [0.2, 0.25) is 0 Å². The van der Waals surface area contributed by atoms with Gasteiger partial charge in [0.15, 0.2) is 0 Å². The van der Waals surface area contributed by atoms with Gasteiger partial charge in [-0.3, -0.25) is 0 Å². The van der Waals surface area contributed by atoms with E-state index < -0.39 is 5.60 Å². The Hall–Kier alpha value is -0.420. The van der Waals surface area contributed by atoms with Gasteiger partial charge in [-0.15, -0.1) is 0 Å². The summed E-state index contributed by atoms with van der Waals surface area (Å²) in [6.07, 6.45) is 9.29. The predicted molar refractivity (Wildman–Crippen MR) is 114 cm³/mol. The minimum absolute atomic E-state index is 0.0259. The van der Waals surface area contributed by atoms with E-state index in [0.717, 1.165) is 13.0 Å². The molecule has 6 atom stereocenters. The molecule has 1 aliphatic heterocycles. The molecule has 2 saturated carbocycles. The van der Waals surface area contributed by atoms with Crippen LogP contribution < -0.4 is 0 Å². The van der Waals surface area contributed by atoms with Crippen molar-refractivity contribution in [3.63, 3.8) is 0 Å². The van der Waals surface area contributed by atoms with Crippen molar-refractivity contribution < 1.29 is 14.6 Å². The summed E-state index contributed by atoms with van der Waals surface area (Å²) in [5, 5.41) is 10.3. The molecule has 0 aromatic rings. The van der Waals surface area contributed by atoms with E-state index in [4.69, 9.17) is 9.47 Å². The summed E-state index contributed by atoms with van der Waals surface area (Å²) < 4.78 is 12.3. The van der Waals surface area contributed by atoms with Crippen molar-refractivity contribution in [2.24, 2.45) is 23.2 Å². The predicted octanol–water partition coefficient (Wildman–Crippen LogP) is 4.27. The molecule has 1 heterocycles. The second-order valence-corrected chi connectivity index (χ2v) is 11.0. The van der Waals surface area contributed by atoms with E-state index in [9.17, 15) is 5.11 Å². The molecule has 2 fully saturated rings. The van der Waals surface area contributed by atoms with Crippen LogP contribution in [-0.4, -0.2) is 61.7 Å². The van der Waals surface area contributed by atoms with Crippen molar-refractivity contribution in [1.29, 1.82) is 0 Å². The zero-order valence-electron chi connectivity index (χ0n) is 19.3. The highest BCUT2D eigenvalue weighted by atomic mass is 16.5. The maximum Gasteiger partial charge on any atom is 0.0895 e. The first-order chi connectivity index (χ1) is 13.0. The normalized spacial score (nSPS) is 42.2. The maximum atomic E-state index is 10.3. The molecule has 0 amide bonds. The molecule has 4 heteroatoms. The first-order valence-corrected chi connectivity index (χ1v) is 11.2. The Balaban J connectivity index is 1.85. The standard InChI is InChI=1S/C24H43NO3/c1-22(2,26)21-10-9-17(16-28-21)18-13-19(15-25(5)6)23(3)11-8-12-24(4,27-7)20(23)14-18/h9,18-21,26H,8,10-16H2,1-7H3/t18-,19-,20-,21+,23-,24-/m1/s1. The summed E-state index contributed by atoms with van der Waals surface area (Å²) in [5.41, 5.74) is 0.992. The van der Waals surface area contributed by atoms with Crippen molar-refractivity contribution >= 4 is 0 Å². The number of hydrogen-bond acceptors (Lipinski definition) is 4. The summed E-state index contributed by atoms with van der Waals surface area (Å²) >= 11 is 0. The van der Waals surface area contributed by atoms with Crippen LogP contribution in [0.25, 0.3) is 0 Å². The van der Waals surface area contributed by atoms with Crippen LogP contribution in [0, 0.1) is 23.2 Å². The van der Waals surface area contributed by atoms with Gasteiger partial charge < -0.3 is 19.5 Å². The number of aliphatic hydroxyl groups is 1. The summed E-state index contributed by atoms with van der Waals surface area (Å²) in [7, 11) is 6.32. The number of methoxy groups -OCH3 is 1. The summed E-state index contributed by atoms with van der Waals surface area (Å²) in [4.78, 5) is 2.37. The molecule has 162 valence electrons. The van der Waals surface area contributed by atoms with Gasteiger partial charge in [0.2, 0.25) is 0 Å². The van der Waals surface area contributed by atoms with E-state index in [2.05, 4.69) is 38.9 Å². The second kappa shape index (κ2) is 8.02. The van der Waals surface area contributed by atoms with Gasteiger partial charge in [-0.25, -0.2) is 0 Å². The zero-order chi connectivity index (χ0) is 20.7. The Morgan fingerprint density at radius 3 is 2.50 bits per heavy atom. The van der Waals surface area contributed by atoms with Gasteiger partial charge in [-0.05, 0) is 95.7 Å². The maximum absolute atomic E-state index is 10.3. The summed E-state index contributed by atoms with van der Waals surface area (Å²) in [5.74, 6) is 1.82. The minimum Gasteiger partial charge on any atom is -0.388 e. The van der Waals surface area contributed by atoms with E-state index in [1.54, 1.807) is 0 Å². The molecule has 0 aromatic heterocycles. The molecule has 0 aromatic carbocycles. The lowest BCUT2D eigenvalue weighted by Crippen LogP contribution is -2.57. The molecule has 0 unspecified atom stereocenters. The van der Waals surface area contributed by atoms with Gasteiger partial charge >= 0.3 is 0 Å². The lowest BCUT2D eigenvalue weighted by molar-refractivity contribution is -0.164. The van der Waals surface area contributed by atoms with Gasteiger partial charge in [0, 0.05) is 13.7 Å². The first kappa shape index (κ1) is 22.3. The second-order valence-electron chi connectivity index (χ2n) is 11.0. The number of rotatable bonds is 5. The SMILES string of the molecule is CO[C@]1(C)CCC[C@]2(C)[C@@H](CN(C)C)C[C@@H](C3=CC[C@@H](C(C)(C)O)OC3)C[C@H]21. The van der Waals surface area contributed by atoms with Crippen molar-refractivity contribution in [2.75, 3.05) is 34.4 Å². The van der Waals surface area contributed by atoms with E-state index >= 15 is 0 Å². The van der Waals surface area contributed by atoms with Gasteiger partial charge in [0.1, 0.15) is 0 Å². The molecule has 0 saturated heterocycles. The molecule has 4 nitrogen and oxygen atoms in total. The highest BCUT2D eigenvalue weighted by molar-refractivity contribution is 5.17. The molecule has 28 heavy (non-hydrogen) atoms. The van der Waals surface area contributed by atoms with E-state index in [-0.39, 0.29) is 11.7 Å². The quantitative estimate of drug-likeness (QED) is 0.708. The summed E-state index contributed by atoms with van der Waals surface area (Å²) in [6, 6.07) is 0. The largest absolute Gasteiger partial charge is 0.388 e. The van der Waals surface area contributed by atoms with Crippen LogP contribution in [0.1, 0.15) is 66.2 Å². The van der Waals surface area contributed by atoms with Crippen LogP contribution in [0.5, 0.6) is 0 Å². The van der Waals surface area contributed by atoms with Gasteiger partial charge in [-0.2, -0.15) is 0 Å². The monoisotopic (exact) mass is 393 g/mol. The van der Waals surface area contributed by atoms with Crippen LogP contribution in [0.4, 0.5) is 0 Å². The average molecular weight is 394 g/mol. The number of nitrogens with zero attached hydrogens (tertiary/aromatic N) is 1. The van der Waals surface area contributed by atoms with E-state index in [0.29, 0.717) is 29.8 Å². The van der Waals surface area contributed by atoms with Crippen molar-refractivity contribution in [3.05, 3.63) is 11.6 Å². The lowest BCUT2D eigenvalue weighted by atomic mass is 9.49. The van der Waals surface area contributed by atoms with Gasteiger partial charge in [0.05, 0.1) is 23.9 Å². The summed E-state index contributed by atoms with van der Waals surface area (Å²) in [6.45, 7) is 10.4. The molecular formula is C24H43NO3. The van der Waals surface area contributed by atoms with Crippen LogP contribution in [0.3, 0.4) is 0 Å². The Labute approximate surface area is 172 Å². The molecule has 0 radical (unpaired) electrons. The molecule has 3 rings (SSSR count). The average Bonchev–Trinajstić information content (AvgIpc) is 2.62. The molecule has 1 N–H and O–H groups in total. The Bertz CT molecular complexity index is 581. The third kappa shape index (κ3) is 4.21. The number of hydrogen-bond donors (Lipinski definition) is 1. The van der Waals surface area contributed by atoms with Crippen molar-refractivity contribution in [3.8, 4) is 0 Å². The number of ether oxygens (including phenoxy) is 2. The Kier molecular flexibility index (Phi) is 6.38. The molecule has 0 bridgehead atoms. The minimum atomic E-state index is -0.779. The fourth-order valence-electron chi connectivity index (χ4n) is 6.50.